The minimum atomic E-state index is 0.0927. The summed E-state index contributed by atoms with van der Waals surface area (Å²) in [4.78, 5) is 2.45. The summed E-state index contributed by atoms with van der Waals surface area (Å²) in [5.74, 6) is 0. The summed E-state index contributed by atoms with van der Waals surface area (Å²) in [6, 6.07) is 18.0. The van der Waals surface area contributed by atoms with Crippen LogP contribution in [-0.2, 0) is 6.42 Å². The van der Waals surface area contributed by atoms with E-state index >= 15 is 0 Å². The largest absolute Gasteiger partial charge is 0.338 e. The van der Waals surface area contributed by atoms with Gasteiger partial charge >= 0.3 is 0 Å². The van der Waals surface area contributed by atoms with E-state index < -0.39 is 0 Å². The van der Waals surface area contributed by atoms with Crippen LogP contribution in [0.3, 0.4) is 0 Å². The fraction of sp³-hybridized carbons (Fsp3) is 0.333. The third kappa shape index (κ3) is 2.32. The zero-order valence-electron chi connectivity index (χ0n) is 12.2. The Bertz CT molecular complexity index is 587. The monoisotopic (exact) mass is 266 g/mol. The summed E-state index contributed by atoms with van der Waals surface area (Å²) < 4.78 is 0. The molecule has 0 amide bonds. The van der Waals surface area contributed by atoms with E-state index in [0.717, 1.165) is 0 Å². The number of para-hydroxylation sites is 1. The second-order valence-electron chi connectivity index (χ2n) is 5.77. The Hall–Kier alpha value is -1.80. The molecule has 104 valence electrons. The first-order chi connectivity index (χ1) is 9.66. The molecule has 0 saturated heterocycles. The molecule has 0 spiro atoms. The number of nitrogens with two attached hydrogens (primary N) is 1. The quantitative estimate of drug-likeness (QED) is 0.883. The van der Waals surface area contributed by atoms with Gasteiger partial charge in [-0.1, -0.05) is 30.3 Å². The number of hydrogen-bond donors (Lipinski definition) is 1. The first-order valence-electron chi connectivity index (χ1n) is 7.39. The van der Waals surface area contributed by atoms with Crippen LogP contribution < -0.4 is 10.6 Å². The van der Waals surface area contributed by atoms with E-state index in [1.807, 2.05) is 6.92 Å². The van der Waals surface area contributed by atoms with E-state index in [9.17, 15) is 0 Å². The zero-order chi connectivity index (χ0) is 14.1. The summed E-state index contributed by atoms with van der Waals surface area (Å²) in [6.07, 6.45) is 2.37. The first-order valence-corrected chi connectivity index (χ1v) is 7.39. The fourth-order valence-electron chi connectivity index (χ4n) is 3.02. The van der Waals surface area contributed by atoms with Crippen molar-refractivity contribution in [2.24, 2.45) is 5.73 Å². The maximum atomic E-state index is 5.93. The Balaban J connectivity index is 2.00. The van der Waals surface area contributed by atoms with Crippen LogP contribution in [0.4, 0.5) is 11.4 Å². The van der Waals surface area contributed by atoms with Crippen molar-refractivity contribution in [3.8, 4) is 0 Å². The molecule has 20 heavy (non-hydrogen) atoms. The summed E-state index contributed by atoms with van der Waals surface area (Å²) in [5.41, 5.74) is 11.2. The van der Waals surface area contributed by atoms with E-state index in [0.29, 0.717) is 6.04 Å². The molecule has 1 aliphatic heterocycles. The molecule has 2 aromatic rings. The van der Waals surface area contributed by atoms with Gasteiger partial charge in [-0.15, -0.1) is 0 Å². The van der Waals surface area contributed by atoms with Crippen molar-refractivity contribution in [1.29, 1.82) is 0 Å². The number of fused-ring (bicyclic) bond motifs is 1. The smallest absolute Gasteiger partial charge is 0.0445 e. The molecular formula is C18H22N2. The van der Waals surface area contributed by atoms with Crippen LogP contribution in [0, 0.1) is 0 Å². The van der Waals surface area contributed by atoms with Gasteiger partial charge in [0.25, 0.3) is 0 Å². The van der Waals surface area contributed by atoms with Crippen LogP contribution in [0.15, 0.2) is 48.5 Å². The third-order valence-electron chi connectivity index (χ3n) is 4.22. The molecule has 2 unspecified atom stereocenters. The highest BCUT2D eigenvalue weighted by Crippen LogP contribution is 2.36. The Morgan fingerprint density at radius 2 is 1.80 bits per heavy atom. The third-order valence-corrected chi connectivity index (χ3v) is 4.22. The molecule has 3 rings (SSSR count). The summed E-state index contributed by atoms with van der Waals surface area (Å²) >= 11 is 0. The Morgan fingerprint density at radius 1 is 1.10 bits per heavy atom. The van der Waals surface area contributed by atoms with Crippen LogP contribution in [0.25, 0.3) is 0 Å². The number of hydrogen-bond acceptors (Lipinski definition) is 2. The highest BCUT2D eigenvalue weighted by atomic mass is 15.2. The number of nitrogens with zero attached hydrogens (tertiary/aromatic N) is 1. The predicted octanol–water partition coefficient (Wildman–Crippen LogP) is 4.18. The molecule has 2 aromatic carbocycles. The minimum absolute atomic E-state index is 0.0927. The topological polar surface area (TPSA) is 29.3 Å². The number of rotatable bonds is 2. The van der Waals surface area contributed by atoms with Crippen molar-refractivity contribution < 1.29 is 0 Å². The summed E-state index contributed by atoms with van der Waals surface area (Å²) in [6.45, 7) is 4.32. The van der Waals surface area contributed by atoms with Gasteiger partial charge in [0.2, 0.25) is 0 Å². The normalized spacial score (nSPS) is 19.6. The van der Waals surface area contributed by atoms with Gasteiger partial charge in [-0.3, -0.25) is 0 Å². The molecule has 0 aromatic heterocycles. The average Bonchev–Trinajstić information content (AvgIpc) is 2.47. The standard InChI is InChI=1S/C18H22N2/c1-13-7-8-16-5-3-4-6-18(16)20(13)17-11-9-15(10-12-17)14(2)19/h3-6,9-14H,7-8,19H2,1-2H3. The van der Waals surface area contributed by atoms with Crippen LogP contribution in [0.2, 0.25) is 0 Å². The first kappa shape index (κ1) is 13.2. The maximum absolute atomic E-state index is 5.93. The highest BCUT2D eigenvalue weighted by Gasteiger charge is 2.23. The molecule has 1 aliphatic rings. The Kier molecular flexibility index (Phi) is 3.49. The summed E-state index contributed by atoms with van der Waals surface area (Å²) in [5, 5.41) is 0. The molecule has 0 aliphatic carbocycles. The van der Waals surface area contributed by atoms with Gasteiger partial charge in [0, 0.05) is 23.5 Å². The molecule has 0 radical (unpaired) electrons. The molecule has 0 bridgehead atoms. The highest BCUT2D eigenvalue weighted by molar-refractivity contribution is 5.68. The molecule has 2 nitrogen and oxygen atoms in total. The molecule has 2 N–H and O–H groups in total. The van der Waals surface area contributed by atoms with Crippen molar-refractivity contribution in [3.05, 3.63) is 59.7 Å². The van der Waals surface area contributed by atoms with Crippen molar-refractivity contribution in [1.82, 2.24) is 0 Å². The minimum Gasteiger partial charge on any atom is -0.338 e. The van der Waals surface area contributed by atoms with Crippen LogP contribution in [0.1, 0.15) is 37.4 Å². The van der Waals surface area contributed by atoms with Crippen molar-refractivity contribution in [2.75, 3.05) is 4.90 Å². The van der Waals surface area contributed by atoms with E-state index in [1.165, 1.54) is 35.3 Å². The zero-order valence-corrected chi connectivity index (χ0v) is 12.2. The lowest BCUT2D eigenvalue weighted by atomic mass is 9.95. The second-order valence-corrected chi connectivity index (χ2v) is 5.77. The Labute approximate surface area is 121 Å². The van der Waals surface area contributed by atoms with Gasteiger partial charge in [-0.2, -0.15) is 0 Å². The van der Waals surface area contributed by atoms with Gasteiger partial charge < -0.3 is 10.6 Å². The van der Waals surface area contributed by atoms with Gasteiger partial charge in [0.1, 0.15) is 0 Å². The van der Waals surface area contributed by atoms with Crippen molar-refractivity contribution in [2.45, 2.75) is 38.8 Å². The fourth-order valence-corrected chi connectivity index (χ4v) is 3.02. The molecule has 2 atom stereocenters. The second kappa shape index (κ2) is 5.29. The van der Waals surface area contributed by atoms with E-state index in [2.05, 4.69) is 60.4 Å². The predicted molar refractivity (Wildman–Crippen MR) is 85.4 cm³/mol. The van der Waals surface area contributed by atoms with E-state index in [4.69, 9.17) is 5.73 Å². The average molecular weight is 266 g/mol. The lowest BCUT2D eigenvalue weighted by Gasteiger charge is -2.37. The number of aryl methyl sites for hydroxylation is 1. The number of benzene rings is 2. The molecule has 2 heteroatoms. The van der Waals surface area contributed by atoms with Crippen molar-refractivity contribution in [3.63, 3.8) is 0 Å². The van der Waals surface area contributed by atoms with Crippen LogP contribution in [0.5, 0.6) is 0 Å². The molecule has 0 fully saturated rings. The maximum Gasteiger partial charge on any atom is 0.0445 e. The van der Waals surface area contributed by atoms with E-state index in [1.54, 1.807) is 0 Å². The van der Waals surface area contributed by atoms with Crippen molar-refractivity contribution >= 4 is 11.4 Å². The lowest BCUT2D eigenvalue weighted by Crippen LogP contribution is -2.33. The Morgan fingerprint density at radius 3 is 2.50 bits per heavy atom. The van der Waals surface area contributed by atoms with E-state index in [-0.39, 0.29) is 6.04 Å². The molecule has 0 saturated carbocycles. The van der Waals surface area contributed by atoms with Gasteiger partial charge in [-0.05, 0) is 56.0 Å². The lowest BCUT2D eigenvalue weighted by molar-refractivity contribution is 0.618. The summed E-state index contributed by atoms with van der Waals surface area (Å²) in [7, 11) is 0. The number of anilines is 2. The SMILES string of the molecule is CC(N)c1ccc(N2c3ccccc3CCC2C)cc1. The van der Waals surface area contributed by atoms with Gasteiger partial charge in [-0.25, -0.2) is 0 Å². The molecule has 1 heterocycles. The van der Waals surface area contributed by atoms with Gasteiger partial charge in [0.05, 0.1) is 0 Å². The van der Waals surface area contributed by atoms with Crippen LogP contribution in [-0.4, -0.2) is 6.04 Å². The van der Waals surface area contributed by atoms with Gasteiger partial charge in [0.15, 0.2) is 0 Å². The molecular weight excluding hydrogens is 244 g/mol. The van der Waals surface area contributed by atoms with Crippen LogP contribution >= 0.6 is 0 Å².